The molecule has 0 atom stereocenters. The van der Waals surface area contributed by atoms with Gasteiger partial charge in [0, 0.05) is 24.8 Å². The van der Waals surface area contributed by atoms with Crippen LogP contribution >= 0.6 is 0 Å². The summed E-state index contributed by atoms with van der Waals surface area (Å²) < 4.78 is 2.21. The molecule has 2 aliphatic carbocycles. The first-order valence-corrected chi connectivity index (χ1v) is 8.51. The Morgan fingerprint density at radius 2 is 1.95 bits per heavy atom. The maximum absolute atomic E-state index is 13.0. The normalized spacial score (nSPS) is 23.2. The van der Waals surface area contributed by atoms with Crippen molar-refractivity contribution in [3.8, 4) is 0 Å². The van der Waals surface area contributed by atoms with Crippen LogP contribution in [0.3, 0.4) is 0 Å². The number of nitrogens with one attached hydrogen (secondary N) is 1. The standard InChI is InChI=1S/C17H25N3O/c21-17(16-2-1-11-19(16)14-3-4-14)20(15-5-6-15)12-13-7-9-18-10-8-13/h1-2,11,13-15,18H,3-10,12H2. The summed E-state index contributed by atoms with van der Waals surface area (Å²) in [5, 5.41) is 3.41. The summed E-state index contributed by atoms with van der Waals surface area (Å²) in [6, 6.07) is 5.13. The van der Waals surface area contributed by atoms with Crippen LogP contribution in [0.4, 0.5) is 0 Å². The summed E-state index contributed by atoms with van der Waals surface area (Å²) in [6.07, 6.45) is 9.35. The van der Waals surface area contributed by atoms with Crippen molar-refractivity contribution in [1.82, 2.24) is 14.8 Å². The van der Waals surface area contributed by atoms with Crippen LogP contribution in [-0.2, 0) is 0 Å². The minimum atomic E-state index is 0.271. The molecule has 1 aromatic heterocycles. The largest absolute Gasteiger partial charge is 0.340 e. The van der Waals surface area contributed by atoms with Crippen LogP contribution in [-0.4, -0.2) is 41.1 Å². The molecule has 4 heteroatoms. The lowest BCUT2D eigenvalue weighted by Gasteiger charge is -2.30. The predicted molar refractivity (Wildman–Crippen MR) is 82.4 cm³/mol. The predicted octanol–water partition coefficient (Wildman–Crippen LogP) is 2.43. The Labute approximate surface area is 126 Å². The number of amides is 1. The molecule has 1 aliphatic heterocycles. The highest BCUT2D eigenvalue weighted by Gasteiger charge is 2.36. The first-order chi connectivity index (χ1) is 10.3. The van der Waals surface area contributed by atoms with Crippen molar-refractivity contribution >= 4 is 5.91 Å². The minimum Gasteiger partial charge on any atom is -0.340 e. The average Bonchev–Trinajstić information content (AvgIpc) is 3.44. The van der Waals surface area contributed by atoms with Gasteiger partial charge >= 0.3 is 0 Å². The maximum Gasteiger partial charge on any atom is 0.270 e. The molecule has 3 fully saturated rings. The van der Waals surface area contributed by atoms with Crippen molar-refractivity contribution < 1.29 is 4.79 Å². The second kappa shape index (κ2) is 5.48. The van der Waals surface area contributed by atoms with E-state index >= 15 is 0 Å². The van der Waals surface area contributed by atoms with E-state index < -0.39 is 0 Å². The zero-order valence-corrected chi connectivity index (χ0v) is 12.6. The van der Waals surface area contributed by atoms with E-state index in [0.717, 1.165) is 25.3 Å². The zero-order valence-electron chi connectivity index (χ0n) is 12.6. The van der Waals surface area contributed by atoms with Crippen LogP contribution in [0.25, 0.3) is 0 Å². The van der Waals surface area contributed by atoms with Crippen molar-refractivity contribution in [2.75, 3.05) is 19.6 Å². The van der Waals surface area contributed by atoms with Crippen LogP contribution in [0.1, 0.15) is 55.1 Å². The smallest absolute Gasteiger partial charge is 0.270 e. The molecule has 3 aliphatic rings. The van der Waals surface area contributed by atoms with E-state index in [2.05, 4.69) is 21.0 Å². The van der Waals surface area contributed by atoms with Gasteiger partial charge in [-0.1, -0.05) is 0 Å². The molecule has 114 valence electrons. The molecule has 1 N–H and O–H groups in total. The lowest BCUT2D eigenvalue weighted by molar-refractivity contribution is 0.0690. The van der Waals surface area contributed by atoms with Gasteiger partial charge in [0.2, 0.25) is 0 Å². The molecule has 1 aromatic rings. The first-order valence-electron chi connectivity index (χ1n) is 8.51. The van der Waals surface area contributed by atoms with E-state index in [1.54, 1.807) is 0 Å². The molecule has 0 unspecified atom stereocenters. The molecule has 0 aromatic carbocycles. The molecule has 2 saturated carbocycles. The van der Waals surface area contributed by atoms with Crippen LogP contribution in [0, 0.1) is 5.92 Å². The SMILES string of the molecule is O=C(c1cccn1C1CC1)N(CC1CCNCC1)C1CC1. The quantitative estimate of drug-likeness (QED) is 0.903. The second-order valence-electron chi connectivity index (χ2n) is 6.91. The average molecular weight is 287 g/mol. The molecule has 2 heterocycles. The van der Waals surface area contributed by atoms with Gasteiger partial charge in [-0.25, -0.2) is 0 Å². The number of nitrogens with zero attached hydrogens (tertiary/aromatic N) is 2. The van der Waals surface area contributed by atoms with E-state index in [0.29, 0.717) is 18.0 Å². The Bertz CT molecular complexity index is 510. The van der Waals surface area contributed by atoms with Gasteiger partial charge in [0.15, 0.2) is 0 Å². The Kier molecular flexibility index (Phi) is 3.49. The maximum atomic E-state index is 13.0. The molecule has 0 spiro atoms. The van der Waals surface area contributed by atoms with Crippen molar-refractivity contribution in [3.63, 3.8) is 0 Å². The zero-order chi connectivity index (χ0) is 14.2. The molecular formula is C17H25N3O. The molecule has 21 heavy (non-hydrogen) atoms. The number of carbonyl (C=O) groups is 1. The lowest BCUT2D eigenvalue weighted by Crippen LogP contribution is -2.41. The van der Waals surface area contributed by atoms with Gasteiger partial charge in [-0.05, 0) is 69.7 Å². The third-order valence-electron chi connectivity index (χ3n) is 5.10. The van der Waals surface area contributed by atoms with Gasteiger partial charge < -0.3 is 14.8 Å². The number of rotatable bonds is 5. The summed E-state index contributed by atoms with van der Waals surface area (Å²) in [7, 11) is 0. The Balaban J connectivity index is 1.49. The Hall–Kier alpha value is -1.29. The lowest BCUT2D eigenvalue weighted by atomic mass is 9.97. The molecule has 4 nitrogen and oxygen atoms in total. The van der Waals surface area contributed by atoms with Crippen molar-refractivity contribution in [2.45, 2.75) is 50.6 Å². The minimum absolute atomic E-state index is 0.271. The van der Waals surface area contributed by atoms with Crippen LogP contribution in [0.2, 0.25) is 0 Å². The third kappa shape index (κ3) is 2.86. The first kappa shape index (κ1) is 13.4. The molecule has 0 bridgehead atoms. The van der Waals surface area contributed by atoms with Gasteiger partial charge in [-0.15, -0.1) is 0 Å². The van der Waals surface area contributed by atoms with Crippen LogP contribution in [0.5, 0.6) is 0 Å². The van der Waals surface area contributed by atoms with E-state index in [1.807, 2.05) is 12.1 Å². The van der Waals surface area contributed by atoms with Crippen molar-refractivity contribution in [1.29, 1.82) is 0 Å². The molecule has 4 rings (SSSR count). The highest BCUT2D eigenvalue weighted by molar-refractivity contribution is 5.93. The van der Waals surface area contributed by atoms with Crippen LogP contribution < -0.4 is 5.32 Å². The Morgan fingerprint density at radius 3 is 2.62 bits per heavy atom. The number of hydrogen-bond acceptors (Lipinski definition) is 2. The Morgan fingerprint density at radius 1 is 1.19 bits per heavy atom. The molecule has 1 saturated heterocycles. The van der Waals surface area contributed by atoms with E-state index in [4.69, 9.17) is 0 Å². The van der Waals surface area contributed by atoms with Gasteiger partial charge in [0.25, 0.3) is 5.91 Å². The fraction of sp³-hybridized carbons (Fsp3) is 0.706. The number of aromatic nitrogens is 1. The summed E-state index contributed by atoms with van der Waals surface area (Å²) in [6.45, 7) is 3.17. The molecule has 1 amide bonds. The van der Waals surface area contributed by atoms with E-state index in [-0.39, 0.29) is 5.91 Å². The summed E-state index contributed by atoms with van der Waals surface area (Å²) >= 11 is 0. The fourth-order valence-electron chi connectivity index (χ4n) is 3.52. The van der Waals surface area contributed by atoms with Gasteiger partial charge in [-0.2, -0.15) is 0 Å². The fourth-order valence-corrected chi connectivity index (χ4v) is 3.52. The van der Waals surface area contributed by atoms with Gasteiger partial charge in [-0.3, -0.25) is 4.79 Å². The monoisotopic (exact) mass is 287 g/mol. The van der Waals surface area contributed by atoms with Gasteiger partial charge in [0.05, 0.1) is 0 Å². The van der Waals surface area contributed by atoms with Crippen molar-refractivity contribution in [2.24, 2.45) is 5.92 Å². The van der Waals surface area contributed by atoms with Crippen LogP contribution in [0.15, 0.2) is 18.3 Å². The van der Waals surface area contributed by atoms with Crippen molar-refractivity contribution in [3.05, 3.63) is 24.0 Å². The highest BCUT2D eigenvalue weighted by atomic mass is 16.2. The highest BCUT2D eigenvalue weighted by Crippen LogP contribution is 2.37. The number of hydrogen-bond donors (Lipinski definition) is 1. The second-order valence-corrected chi connectivity index (χ2v) is 6.91. The topological polar surface area (TPSA) is 37.3 Å². The summed E-state index contributed by atoms with van der Waals surface area (Å²) in [5.41, 5.74) is 0.915. The molecule has 0 radical (unpaired) electrons. The van der Waals surface area contributed by atoms with Gasteiger partial charge in [0.1, 0.15) is 5.69 Å². The summed E-state index contributed by atoms with van der Waals surface area (Å²) in [5.74, 6) is 0.952. The summed E-state index contributed by atoms with van der Waals surface area (Å²) in [4.78, 5) is 15.2. The number of carbonyl (C=O) groups excluding carboxylic acids is 1. The third-order valence-corrected chi connectivity index (χ3v) is 5.10. The van der Waals surface area contributed by atoms with E-state index in [1.165, 1.54) is 38.5 Å². The molecular weight excluding hydrogens is 262 g/mol. The van der Waals surface area contributed by atoms with E-state index in [9.17, 15) is 4.79 Å². The number of piperidine rings is 1.